The molecule has 0 radical (unpaired) electrons. The summed E-state index contributed by atoms with van der Waals surface area (Å²) in [5, 5.41) is 0. The van der Waals surface area contributed by atoms with Crippen molar-refractivity contribution in [2.24, 2.45) is 5.73 Å². The van der Waals surface area contributed by atoms with Crippen molar-refractivity contribution in [2.45, 2.75) is 12.0 Å². The van der Waals surface area contributed by atoms with E-state index < -0.39 is 11.5 Å². The summed E-state index contributed by atoms with van der Waals surface area (Å²) in [6.07, 6.45) is -0.0923. The number of morpholine rings is 1. The van der Waals surface area contributed by atoms with Crippen molar-refractivity contribution in [3.05, 3.63) is 30.1 Å². The van der Waals surface area contributed by atoms with Gasteiger partial charge in [0.05, 0.1) is 19.6 Å². The number of primary amides is 1. The van der Waals surface area contributed by atoms with E-state index in [1.165, 1.54) is 31.4 Å². The van der Waals surface area contributed by atoms with Gasteiger partial charge in [-0.15, -0.1) is 0 Å². The maximum absolute atomic E-state index is 12.9. The molecule has 1 saturated heterocycles. The first kappa shape index (κ1) is 18.2. The summed E-state index contributed by atoms with van der Waals surface area (Å²) in [5.74, 6) is -0.696. The molecule has 1 aliphatic rings. The average molecular weight is 340 g/mol. The van der Waals surface area contributed by atoms with Crippen LogP contribution in [0.15, 0.2) is 24.3 Å². The minimum atomic E-state index is -1.04. The van der Waals surface area contributed by atoms with Crippen molar-refractivity contribution in [3.8, 4) is 5.75 Å². The fraction of sp³-hybridized carbons (Fsp3) is 0.500. The lowest BCUT2D eigenvalue weighted by Crippen LogP contribution is -2.58. The number of rotatable bonds is 7. The molecule has 1 heterocycles. The Labute approximate surface area is 139 Å². The highest BCUT2D eigenvalue weighted by Gasteiger charge is 2.40. The third-order valence-electron chi connectivity index (χ3n) is 3.68. The van der Waals surface area contributed by atoms with Gasteiger partial charge in [0, 0.05) is 13.7 Å². The molecule has 7 nitrogen and oxygen atoms in total. The lowest BCUT2D eigenvalue weighted by molar-refractivity contribution is -0.164. The quantitative estimate of drug-likeness (QED) is 0.772. The zero-order chi connectivity index (χ0) is 17.6. The molecule has 1 atom stereocenters. The number of nitrogens with zero attached hydrogens (tertiary/aromatic N) is 1. The first-order valence-corrected chi connectivity index (χ1v) is 7.51. The Hall–Kier alpha value is -2.19. The number of carbonyl (C=O) groups excluding carboxylic acids is 2. The van der Waals surface area contributed by atoms with Crippen molar-refractivity contribution in [3.63, 3.8) is 0 Å². The summed E-state index contributed by atoms with van der Waals surface area (Å²) in [6, 6.07) is 5.49. The number of ether oxygens (including phenoxy) is 3. The first-order valence-electron chi connectivity index (χ1n) is 7.51. The van der Waals surface area contributed by atoms with Gasteiger partial charge in [-0.1, -0.05) is 0 Å². The van der Waals surface area contributed by atoms with Crippen LogP contribution in [0.1, 0.15) is 6.42 Å². The fourth-order valence-electron chi connectivity index (χ4n) is 2.58. The fourth-order valence-corrected chi connectivity index (χ4v) is 2.58. The maximum Gasteiger partial charge on any atom is 0.248 e. The van der Waals surface area contributed by atoms with Crippen LogP contribution in [0, 0.1) is 5.82 Å². The molecule has 0 spiro atoms. The van der Waals surface area contributed by atoms with E-state index in [9.17, 15) is 14.0 Å². The zero-order valence-electron chi connectivity index (χ0n) is 13.5. The number of amides is 2. The number of halogens is 1. The molecular formula is C16H21FN2O5. The number of hydrogen-bond donors (Lipinski definition) is 1. The van der Waals surface area contributed by atoms with Gasteiger partial charge >= 0.3 is 0 Å². The van der Waals surface area contributed by atoms with Crippen molar-refractivity contribution in [1.29, 1.82) is 0 Å². The minimum Gasteiger partial charge on any atom is -0.490 e. The van der Waals surface area contributed by atoms with Gasteiger partial charge in [-0.2, -0.15) is 0 Å². The second kappa shape index (κ2) is 8.07. The van der Waals surface area contributed by atoms with Crippen LogP contribution in [-0.4, -0.2) is 62.3 Å². The van der Waals surface area contributed by atoms with E-state index in [1.54, 1.807) is 4.90 Å². The van der Waals surface area contributed by atoms with Crippen LogP contribution in [0.5, 0.6) is 5.75 Å². The third kappa shape index (κ3) is 4.90. The van der Waals surface area contributed by atoms with Crippen molar-refractivity contribution < 1.29 is 28.2 Å². The number of hydrogen-bond acceptors (Lipinski definition) is 5. The highest BCUT2D eigenvalue weighted by atomic mass is 19.1. The van der Waals surface area contributed by atoms with Crippen molar-refractivity contribution in [1.82, 2.24) is 4.90 Å². The number of methoxy groups -OCH3 is 1. The molecule has 1 fully saturated rings. The molecule has 0 aromatic heterocycles. The highest BCUT2D eigenvalue weighted by Crippen LogP contribution is 2.24. The predicted octanol–water partition coefficient (Wildman–Crippen LogP) is 0.324. The van der Waals surface area contributed by atoms with Crippen LogP contribution in [-0.2, 0) is 19.1 Å². The minimum absolute atomic E-state index is 0.0122. The number of carbonyl (C=O) groups is 2. The molecule has 0 aliphatic carbocycles. The van der Waals surface area contributed by atoms with Gasteiger partial charge in [0.15, 0.2) is 0 Å². The van der Waals surface area contributed by atoms with Crippen LogP contribution in [0.25, 0.3) is 0 Å². The molecule has 1 aromatic carbocycles. The van der Waals surface area contributed by atoms with E-state index >= 15 is 0 Å². The first-order chi connectivity index (χ1) is 11.4. The van der Waals surface area contributed by atoms with Gasteiger partial charge in [0.2, 0.25) is 11.8 Å². The predicted molar refractivity (Wildman–Crippen MR) is 82.8 cm³/mol. The Morgan fingerprint density at radius 1 is 1.38 bits per heavy atom. The van der Waals surface area contributed by atoms with E-state index in [4.69, 9.17) is 19.9 Å². The Bertz CT molecular complexity index is 580. The lowest BCUT2D eigenvalue weighted by Gasteiger charge is -2.41. The second-order valence-corrected chi connectivity index (χ2v) is 5.67. The van der Waals surface area contributed by atoms with E-state index in [0.29, 0.717) is 12.3 Å². The summed E-state index contributed by atoms with van der Waals surface area (Å²) in [6.45, 7) is 0.790. The molecule has 0 saturated carbocycles. The van der Waals surface area contributed by atoms with Crippen LogP contribution >= 0.6 is 0 Å². The summed E-state index contributed by atoms with van der Waals surface area (Å²) >= 11 is 0. The largest absolute Gasteiger partial charge is 0.490 e. The summed E-state index contributed by atoms with van der Waals surface area (Å²) in [7, 11) is 1.44. The number of nitrogens with two attached hydrogens (primary N) is 1. The molecule has 2 rings (SSSR count). The molecule has 0 unspecified atom stereocenters. The molecule has 1 aliphatic heterocycles. The molecule has 2 N–H and O–H groups in total. The maximum atomic E-state index is 12.9. The third-order valence-corrected chi connectivity index (χ3v) is 3.68. The normalized spacial score (nSPS) is 20.7. The van der Waals surface area contributed by atoms with Gasteiger partial charge in [0.25, 0.3) is 0 Å². The van der Waals surface area contributed by atoms with Gasteiger partial charge in [-0.05, 0) is 24.3 Å². The number of benzene rings is 1. The molecule has 2 amide bonds. The monoisotopic (exact) mass is 340 g/mol. The molecule has 8 heteroatoms. The second-order valence-electron chi connectivity index (χ2n) is 5.67. The molecule has 132 valence electrons. The van der Waals surface area contributed by atoms with E-state index in [1.807, 2.05) is 0 Å². The smallest absolute Gasteiger partial charge is 0.248 e. The van der Waals surface area contributed by atoms with E-state index in [2.05, 4.69) is 0 Å². The lowest BCUT2D eigenvalue weighted by atomic mass is 9.97. The van der Waals surface area contributed by atoms with Crippen LogP contribution in [0.3, 0.4) is 0 Å². The molecule has 0 bridgehead atoms. The molecule has 1 aromatic rings. The van der Waals surface area contributed by atoms with Gasteiger partial charge < -0.3 is 24.8 Å². The van der Waals surface area contributed by atoms with Crippen molar-refractivity contribution >= 4 is 11.8 Å². The van der Waals surface area contributed by atoms with Crippen molar-refractivity contribution in [2.75, 3.05) is 40.0 Å². The van der Waals surface area contributed by atoms with Crippen LogP contribution in [0.2, 0.25) is 0 Å². The zero-order valence-corrected chi connectivity index (χ0v) is 13.5. The van der Waals surface area contributed by atoms with Gasteiger partial charge in [-0.25, -0.2) is 4.39 Å². The van der Waals surface area contributed by atoms with Gasteiger partial charge in [0.1, 0.15) is 30.4 Å². The Balaban J connectivity index is 2.08. The average Bonchev–Trinajstić information content (AvgIpc) is 2.54. The van der Waals surface area contributed by atoms with E-state index in [-0.39, 0.29) is 44.5 Å². The molecular weight excluding hydrogens is 319 g/mol. The van der Waals surface area contributed by atoms with Crippen LogP contribution < -0.4 is 10.5 Å². The standard InChI is InChI=1S/C16H21FN2O5/c1-22-9-15(21)19-6-7-24-16(10-19,8-14(18)20)11-23-13-4-2-12(17)3-5-13/h2-5H,6-11H2,1H3,(H2,18,20)/t16-/m0/s1. The highest BCUT2D eigenvalue weighted by molar-refractivity contribution is 5.78. The Morgan fingerprint density at radius 3 is 2.71 bits per heavy atom. The van der Waals surface area contributed by atoms with Gasteiger partial charge in [-0.3, -0.25) is 9.59 Å². The topological polar surface area (TPSA) is 91.1 Å². The Morgan fingerprint density at radius 2 is 2.08 bits per heavy atom. The van der Waals surface area contributed by atoms with E-state index in [0.717, 1.165) is 0 Å². The van der Waals surface area contributed by atoms with Crippen LogP contribution in [0.4, 0.5) is 4.39 Å². The summed E-state index contributed by atoms with van der Waals surface area (Å²) < 4.78 is 29.2. The summed E-state index contributed by atoms with van der Waals surface area (Å²) in [5.41, 5.74) is 4.29. The summed E-state index contributed by atoms with van der Waals surface area (Å²) in [4.78, 5) is 25.0. The molecule has 24 heavy (non-hydrogen) atoms. The Kier molecular flexibility index (Phi) is 6.10. The SMILES string of the molecule is COCC(=O)N1CCO[C@@](COc2ccc(F)cc2)(CC(N)=O)C1.